The average molecular weight is 441 g/mol. The van der Waals surface area contributed by atoms with Crippen molar-refractivity contribution in [2.75, 3.05) is 27.3 Å². The molecule has 1 saturated carbocycles. The summed E-state index contributed by atoms with van der Waals surface area (Å²) in [7, 11) is 3.04. The first-order valence-electron chi connectivity index (χ1n) is 10.9. The highest BCUT2D eigenvalue weighted by Crippen LogP contribution is 2.30. The zero-order valence-corrected chi connectivity index (χ0v) is 18.4. The Bertz CT molecular complexity index is 1040. The van der Waals surface area contributed by atoms with E-state index in [1.54, 1.807) is 31.4 Å². The Hall–Kier alpha value is -3.20. The molecule has 1 atom stereocenters. The Balaban J connectivity index is 1.60. The Labute approximate surface area is 186 Å². The molecule has 4 rings (SSSR count). The number of hydrogen-bond donors (Lipinski definition) is 1. The van der Waals surface area contributed by atoms with E-state index in [9.17, 15) is 14.4 Å². The molecular formula is C23H28N4O5. The lowest BCUT2D eigenvalue weighted by atomic mass is 9.98. The van der Waals surface area contributed by atoms with E-state index >= 15 is 0 Å². The van der Waals surface area contributed by atoms with Crippen molar-refractivity contribution in [2.45, 2.75) is 38.3 Å². The molecule has 0 bridgehead atoms. The van der Waals surface area contributed by atoms with Gasteiger partial charge in [0.1, 0.15) is 18.0 Å². The van der Waals surface area contributed by atoms with Crippen molar-refractivity contribution < 1.29 is 19.1 Å². The molecule has 2 heterocycles. The number of carbonyl (C=O) groups is 2. The topological polar surface area (TPSA) is 103 Å². The number of aromatic nitrogens is 2. The Morgan fingerprint density at radius 2 is 1.91 bits per heavy atom. The first-order chi connectivity index (χ1) is 15.5. The second-order valence-corrected chi connectivity index (χ2v) is 8.16. The number of carbonyl (C=O) groups excluding carboxylic acids is 2. The monoisotopic (exact) mass is 440 g/mol. The lowest BCUT2D eigenvalue weighted by Gasteiger charge is -2.28. The number of ether oxygens (including phenoxy) is 2. The molecule has 2 aromatic rings. The molecule has 2 fully saturated rings. The molecular weight excluding hydrogens is 412 g/mol. The molecule has 1 aromatic carbocycles. The maximum atomic E-state index is 13.2. The number of rotatable bonds is 7. The summed E-state index contributed by atoms with van der Waals surface area (Å²) in [5.74, 6) is 0.244. The number of benzene rings is 1. The largest absolute Gasteiger partial charge is 0.497 e. The fourth-order valence-electron chi connectivity index (χ4n) is 3.99. The Morgan fingerprint density at radius 3 is 2.50 bits per heavy atom. The second kappa shape index (κ2) is 9.52. The van der Waals surface area contributed by atoms with Gasteiger partial charge in [0.25, 0.3) is 11.5 Å². The summed E-state index contributed by atoms with van der Waals surface area (Å²) in [6.07, 6.45) is 3.29. The molecule has 1 aliphatic carbocycles. The van der Waals surface area contributed by atoms with Crippen molar-refractivity contribution in [3.63, 3.8) is 0 Å². The molecule has 9 nitrogen and oxygen atoms in total. The van der Waals surface area contributed by atoms with Crippen LogP contribution in [0.15, 0.2) is 35.1 Å². The summed E-state index contributed by atoms with van der Waals surface area (Å²) in [6.45, 7) is 1.17. The maximum Gasteiger partial charge on any atom is 0.270 e. The molecule has 32 heavy (non-hydrogen) atoms. The smallest absolute Gasteiger partial charge is 0.270 e. The van der Waals surface area contributed by atoms with Gasteiger partial charge in [-0.3, -0.25) is 19.3 Å². The van der Waals surface area contributed by atoms with E-state index in [1.807, 2.05) is 0 Å². The third-order valence-electron chi connectivity index (χ3n) is 5.90. The van der Waals surface area contributed by atoms with Crippen molar-refractivity contribution >= 4 is 11.8 Å². The van der Waals surface area contributed by atoms with Gasteiger partial charge in [0.2, 0.25) is 5.91 Å². The second-order valence-electron chi connectivity index (χ2n) is 8.16. The molecule has 1 aliphatic heterocycles. The number of piperidine rings is 1. The van der Waals surface area contributed by atoms with Crippen molar-refractivity contribution in [2.24, 2.45) is 5.92 Å². The summed E-state index contributed by atoms with van der Waals surface area (Å²) in [6, 6.07) is 8.40. The third kappa shape index (κ3) is 4.67. The van der Waals surface area contributed by atoms with Gasteiger partial charge < -0.3 is 14.8 Å². The summed E-state index contributed by atoms with van der Waals surface area (Å²) in [5.41, 5.74) is 0.686. The van der Waals surface area contributed by atoms with E-state index in [-0.39, 0.29) is 24.4 Å². The number of methoxy groups -OCH3 is 2. The minimum Gasteiger partial charge on any atom is -0.497 e. The lowest BCUT2D eigenvalue weighted by Crippen LogP contribution is -2.48. The predicted molar refractivity (Wildman–Crippen MR) is 118 cm³/mol. The first kappa shape index (κ1) is 22.0. The SMILES string of the molecule is COc1ccc(-c2nn(CC(=O)N(C(=O)C3CCCNC3)C3CC3)c(=O)cc2OC)cc1. The zero-order valence-electron chi connectivity index (χ0n) is 18.4. The number of hydrogen-bond acceptors (Lipinski definition) is 7. The van der Waals surface area contributed by atoms with Crippen LogP contribution in [0.1, 0.15) is 25.7 Å². The van der Waals surface area contributed by atoms with Crippen LogP contribution < -0.4 is 20.3 Å². The van der Waals surface area contributed by atoms with Gasteiger partial charge in [-0.1, -0.05) is 0 Å². The quantitative estimate of drug-likeness (QED) is 0.695. The van der Waals surface area contributed by atoms with Crippen LogP contribution in [0.3, 0.4) is 0 Å². The van der Waals surface area contributed by atoms with Gasteiger partial charge in [-0.15, -0.1) is 0 Å². The highest BCUT2D eigenvalue weighted by molar-refractivity contribution is 5.97. The van der Waals surface area contributed by atoms with E-state index in [2.05, 4.69) is 10.4 Å². The summed E-state index contributed by atoms with van der Waals surface area (Å²) < 4.78 is 11.6. The Kier molecular flexibility index (Phi) is 6.55. The van der Waals surface area contributed by atoms with E-state index in [0.717, 1.165) is 36.9 Å². The molecule has 9 heteroatoms. The van der Waals surface area contributed by atoms with Gasteiger partial charge in [-0.05, 0) is 56.5 Å². The minimum atomic E-state index is -0.463. The third-order valence-corrected chi connectivity index (χ3v) is 5.90. The highest BCUT2D eigenvalue weighted by Gasteiger charge is 2.40. The molecule has 2 amide bonds. The number of nitrogens with one attached hydrogen (secondary N) is 1. The normalized spacial score (nSPS) is 18.1. The molecule has 1 aromatic heterocycles. The van der Waals surface area contributed by atoms with Crippen LogP contribution in [0, 0.1) is 5.92 Å². The van der Waals surface area contributed by atoms with Crippen LogP contribution in [0.25, 0.3) is 11.3 Å². The molecule has 2 aliphatic rings. The van der Waals surface area contributed by atoms with Crippen LogP contribution in [-0.2, 0) is 16.1 Å². The highest BCUT2D eigenvalue weighted by atomic mass is 16.5. The fraction of sp³-hybridized carbons (Fsp3) is 0.478. The zero-order chi connectivity index (χ0) is 22.7. The lowest BCUT2D eigenvalue weighted by molar-refractivity contribution is -0.149. The van der Waals surface area contributed by atoms with Gasteiger partial charge in [-0.25, -0.2) is 4.68 Å². The van der Waals surface area contributed by atoms with Gasteiger partial charge in [0.05, 0.1) is 20.1 Å². The minimum absolute atomic E-state index is 0.0769. The van der Waals surface area contributed by atoms with Gasteiger partial charge in [-0.2, -0.15) is 5.10 Å². The summed E-state index contributed by atoms with van der Waals surface area (Å²) in [5, 5.41) is 7.63. The summed E-state index contributed by atoms with van der Waals surface area (Å²) in [4.78, 5) is 40.2. The van der Waals surface area contributed by atoms with Gasteiger partial charge in [0.15, 0.2) is 5.75 Å². The van der Waals surface area contributed by atoms with Gasteiger partial charge >= 0.3 is 0 Å². The van der Waals surface area contributed by atoms with Crippen LogP contribution in [0.2, 0.25) is 0 Å². The number of amides is 2. The molecule has 1 N–H and O–H groups in total. The predicted octanol–water partition coefficient (Wildman–Crippen LogP) is 1.44. The molecule has 0 spiro atoms. The molecule has 0 radical (unpaired) electrons. The molecule has 1 unspecified atom stereocenters. The van der Waals surface area contributed by atoms with Crippen molar-refractivity contribution in [3.05, 3.63) is 40.7 Å². The van der Waals surface area contributed by atoms with Crippen LogP contribution in [0.5, 0.6) is 11.5 Å². The van der Waals surface area contributed by atoms with E-state index in [1.165, 1.54) is 18.1 Å². The van der Waals surface area contributed by atoms with E-state index in [4.69, 9.17) is 9.47 Å². The summed E-state index contributed by atoms with van der Waals surface area (Å²) >= 11 is 0. The Morgan fingerprint density at radius 1 is 1.16 bits per heavy atom. The van der Waals surface area contributed by atoms with E-state index in [0.29, 0.717) is 29.3 Å². The van der Waals surface area contributed by atoms with Crippen LogP contribution in [-0.4, -0.2) is 59.8 Å². The number of nitrogens with zero attached hydrogens (tertiary/aromatic N) is 3. The van der Waals surface area contributed by atoms with Crippen molar-refractivity contribution in [1.29, 1.82) is 0 Å². The molecule has 1 saturated heterocycles. The van der Waals surface area contributed by atoms with Gasteiger partial charge in [0, 0.05) is 24.2 Å². The van der Waals surface area contributed by atoms with Crippen molar-refractivity contribution in [3.8, 4) is 22.8 Å². The molecule has 170 valence electrons. The standard InChI is InChI=1S/C23H28N4O5/c1-31-18-9-5-15(6-10-18)22-19(32-2)12-20(28)26(25-22)14-21(29)27(17-7-8-17)23(30)16-4-3-11-24-13-16/h5-6,9-10,12,16-17,24H,3-4,7-8,11,13-14H2,1-2H3. The van der Waals surface area contributed by atoms with E-state index < -0.39 is 11.5 Å². The van der Waals surface area contributed by atoms with Crippen LogP contribution in [0.4, 0.5) is 0 Å². The fourth-order valence-corrected chi connectivity index (χ4v) is 3.99. The van der Waals surface area contributed by atoms with Crippen molar-refractivity contribution in [1.82, 2.24) is 20.0 Å². The van der Waals surface area contributed by atoms with Crippen LogP contribution >= 0.6 is 0 Å². The first-order valence-corrected chi connectivity index (χ1v) is 10.9. The maximum absolute atomic E-state index is 13.2. The average Bonchev–Trinajstić information content (AvgIpc) is 3.66. The number of imide groups is 1.